The average Bonchev–Trinajstić information content (AvgIpc) is 2.48. The summed E-state index contributed by atoms with van der Waals surface area (Å²) in [4.78, 5) is 16.4. The number of nitrogens with zero attached hydrogens (tertiary/aromatic N) is 3. The Kier molecular flexibility index (Phi) is 3.71. The molecular formula is C14H9F2N3O. The third kappa shape index (κ3) is 2.47. The molecule has 0 saturated carbocycles. The van der Waals surface area contributed by atoms with Crippen molar-refractivity contribution in [1.82, 2.24) is 4.98 Å². The third-order valence-electron chi connectivity index (χ3n) is 2.74. The lowest BCUT2D eigenvalue weighted by molar-refractivity contribution is 0.0987. The molecule has 0 N–H and O–H groups in total. The second-order valence-electron chi connectivity index (χ2n) is 3.99. The van der Waals surface area contributed by atoms with E-state index in [4.69, 9.17) is 5.26 Å². The molecule has 1 amide bonds. The minimum atomic E-state index is -1.32. The largest absolute Gasteiger partial charge is 0.311 e. The van der Waals surface area contributed by atoms with Crippen LogP contribution in [-0.4, -0.2) is 17.9 Å². The maximum Gasteiger partial charge on any atom is 0.261 e. The van der Waals surface area contributed by atoms with Gasteiger partial charge in [-0.2, -0.15) is 9.65 Å². The smallest absolute Gasteiger partial charge is 0.261 e. The van der Waals surface area contributed by atoms with Gasteiger partial charge in [-0.25, -0.2) is 9.37 Å². The van der Waals surface area contributed by atoms with E-state index in [1.54, 1.807) is 18.2 Å². The Morgan fingerprint density at radius 3 is 2.80 bits per heavy atom. The molecule has 0 spiro atoms. The first-order valence-electron chi connectivity index (χ1n) is 5.63. The van der Waals surface area contributed by atoms with Gasteiger partial charge in [-0.1, -0.05) is 6.07 Å². The van der Waals surface area contributed by atoms with Crippen molar-refractivity contribution in [3.63, 3.8) is 0 Å². The molecule has 0 aliphatic heterocycles. The van der Waals surface area contributed by atoms with Crippen molar-refractivity contribution >= 4 is 11.6 Å². The SMILES string of the molecule is CN(C(=O)c1ccnc(F)c1F)c1cccc(C#N)c1. The van der Waals surface area contributed by atoms with Gasteiger partial charge in [0.25, 0.3) is 5.91 Å². The fourth-order valence-electron chi connectivity index (χ4n) is 1.67. The number of nitriles is 1. The highest BCUT2D eigenvalue weighted by Crippen LogP contribution is 2.18. The van der Waals surface area contributed by atoms with Gasteiger partial charge in [-0.3, -0.25) is 4.79 Å². The lowest BCUT2D eigenvalue weighted by atomic mass is 10.1. The fraction of sp³-hybridized carbons (Fsp3) is 0.0714. The average molecular weight is 273 g/mol. The third-order valence-corrected chi connectivity index (χ3v) is 2.74. The summed E-state index contributed by atoms with van der Waals surface area (Å²) >= 11 is 0. The van der Waals surface area contributed by atoms with Gasteiger partial charge in [0.1, 0.15) is 0 Å². The van der Waals surface area contributed by atoms with Crippen molar-refractivity contribution < 1.29 is 13.6 Å². The molecule has 6 heteroatoms. The van der Waals surface area contributed by atoms with Crippen LogP contribution >= 0.6 is 0 Å². The van der Waals surface area contributed by atoms with Crippen LogP contribution in [0.2, 0.25) is 0 Å². The molecule has 0 aliphatic rings. The summed E-state index contributed by atoms with van der Waals surface area (Å²) in [6, 6.07) is 9.29. The van der Waals surface area contributed by atoms with E-state index in [2.05, 4.69) is 4.98 Å². The number of aromatic nitrogens is 1. The fourth-order valence-corrected chi connectivity index (χ4v) is 1.67. The molecular weight excluding hydrogens is 264 g/mol. The predicted molar refractivity (Wildman–Crippen MR) is 68.0 cm³/mol. The van der Waals surface area contributed by atoms with Crippen LogP contribution in [0.15, 0.2) is 36.5 Å². The standard InChI is InChI=1S/C14H9F2N3O/c1-19(10-4-2-3-9(7-10)8-17)14(20)11-5-6-18-13(16)12(11)15/h2-7H,1H3. The number of benzene rings is 1. The summed E-state index contributed by atoms with van der Waals surface area (Å²) in [7, 11) is 1.41. The van der Waals surface area contributed by atoms with E-state index in [0.717, 1.165) is 17.2 Å². The Balaban J connectivity index is 2.38. The molecule has 0 bridgehead atoms. The molecule has 0 fully saturated rings. The van der Waals surface area contributed by atoms with E-state index in [1.165, 1.54) is 13.1 Å². The zero-order chi connectivity index (χ0) is 14.7. The van der Waals surface area contributed by atoms with Crippen molar-refractivity contribution in [1.29, 1.82) is 5.26 Å². The van der Waals surface area contributed by atoms with Crippen LogP contribution in [-0.2, 0) is 0 Å². The monoisotopic (exact) mass is 273 g/mol. The van der Waals surface area contributed by atoms with E-state index >= 15 is 0 Å². The second-order valence-corrected chi connectivity index (χ2v) is 3.99. The first kappa shape index (κ1) is 13.6. The molecule has 2 aromatic rings. The lowest BCUT2D eigenvalue weighted by Crippen LogP contribution is -2.27. The van der Waals surface area contributed by atoms with Crippen molar-refractivity contribution in [3.05, 3.63) is 59.4 Å². The Labute approximate surface area is 113 Å². The van der Waals surface area contributed by atoms with Gasteiger partial charge < -0.3 is 4.90 Å². The highest BCUT2D eigenvalue weighted by atomic mass is 19.2. The van der Waals surface area contributed by atoms with Crippen molar-refractivity contribution in [2.45, 2.75) is 0 Å². The summed E-state index contributed by atoms with van der Waals surface area (Å²) in [5.41, 5.74) is 0.358. The number of carbonyl (C=O) groups is 1. The first-order chi connectivity index (χ1) is 9.54. The second kappa shape index (κ2) is 5.45. The van der Waals surface area contributed by atoms with Gasteiger partial charge in [0.15, 0.2) is 5.82 Å². The zero-order valence-corrected chi connectivity index (χ0v) is 10.5. The van der Waals surface area contributed by atoms with Gasteiger partial charge in [0.05, 0.1) is 17.2 Å². The van der Waals surface area contributed by atoms with E-state index in [9.17, 15) is 13.6 Å². The molecule has 1 aromatic carbocycles. The number of hydrogen-bond acceptors (Lipinski definition) is 3. The molecule has 2 rings (SSSR count). The number of halogens is 2. The van der Waals surface area contributed by atoms with Gasteiger partial charge >= 0.3 is 0 Å². The van der Waals surface area contributed by atoms with Crippen LogP contribution in [0.5, 0.6) is 0 Å². The summed E-state index contributed by atoms with van der Waals surface area (Å²) in [6.45, 7) is 0. The number of pyridine rings is 1. The predicted octanol–water partition coefficient (Wildman–Crippen LogP) is 2.51. The molecule has 100 valence electrons. The number of hydrogen-bond donors (Lipinski definition) is 0. The molecule has 0 aliphatic carbocycles. The van der Waals surface area contributed by atoms with Gasteiger partial charge in [0, 0.05) is 18.9 Å². The molecule has 0 unspecified atom stereocenters. The Bertz CT molecular complexity index is 710. The van der Waals surface area contributed by atoms with E-state index < -0.39 is 23.2 Å². The maximum absolute atomic E-state index is 13.5. The van der Waals surface area contributed by atoms with E-state index in [0.29, 0.717) is 11.3 Å². The summed E-state index contributed by atoms with van der Waals surface area (Å²) in [6.07, 6.45) is 1.02. The maximum atomic E-state index is 13.5. The lowest BCUT2D eigenvalue weighted by Gasteiger charge is -2.17. The minimum Gasteiger partial charge on any atom is -0.311 e. The molecule has 1 heterocycles. The number of amides is 1. The zero-order valence-electron chi connectivity index (χ0n) is 10.5. The molecule has 1 aromatic heterocycles. The first-order valence-corrected chi connectivity index (χ1v) is 5.63. The molecule has 4 nitrogen and oxygen atoms in total. The number of carbonyl (C=O) groups excluding carboxylic acids is 1. The van der Waals surface area contributed by atoms with Crippen LogP contribution < -0.4 is 4.90 Å². The van der Waals surface area contributed by atoms with Crippen molar-refractivity contribution in [3.8, 4) is 6.07 Å². The molecule has 0 saturated heterocycles. The summed E-state index contributed by atoms with van der Waals surface area (Å²) in [5, 5.41) is 8.81. The molecule has 0 atom stereocenters. The van der Waals surface area contributed by atoms with E-state index in [-0.39, 0.29) is 0 Å². The van der Waals surface area contributed by atoms with Crippen LogP contribution in [0.25, 0.3) is 0 Å². The minimum absolute atomic E-state index is 0.364. The highest BCUT2D eigenvalue weighted by Gasteiger charge is 2.20. The Morgan fingerprint density at radius 2 is 2.10 bits per heavy atom. The molecule has 20 heavy (non-hydrogen) atoms. The summed E-state index contributed by atoms with van der Waals surface area (Å²) < 4.78 is 26.6. The van der Waals surface area contributed by atoms with Gasteiger partial charge in [-0.15, -0.1) is 0 Å². The van der Waals surface area contributed by atoms with Gasteiger partial charge in [-0.05, 0) is 24.3 Å². The topological polar surface area (TPSA) is 57.0 Å². The Morgan fingerprint density at radius 1 is 1.35 bits per heavy atom. The Hall–Kier alpha value is -2.81. The molecule has 0 radical (unpaired) electrons. The van der Waals surface area contributed by atoms with Crippen molar-refractivity contribution in [2.24, 2.45) is 0 Å². The quantitative estimate of drug-likeness (QED) is 0.790. The van der Waals surface area contributed by atoms with E-state index in [1.807, 2.05) is 6.07 Å². The number of rotatable bonds is 2. The van der Waals surface area contributed by atoms with Crippen LogP contribution in [0.1, 0.15) is 15.9 Å². The normalized spacial score (nSPS) is 9.90. The van der Waals surface area contributed by atoms with Crippen molar-refractivity contribution in [2.75, 3.05) is 11.9 Å². The van der Waals surface area contributed by atoms with Crippen LogP contribution in [0, 0.1) is 23.1 Å². The van der Waals surface area contributed by atoms with Crippen LogP contribution in [0.4, 0.5) is 14.5 Å². The van der Waals surface area contributed by atoms with Crippen LogP contribution in [0.3, 0.4) is 0 Å². The highest BCUT2D eigenvalue weighted by molar-refractivity contribution is 6.05. The summed E-state index contributed by atoms with van der Waals surface area (Å²) in [5.74, 6) is -3.34. The van der Waals surface area contributed by atoms with Gasteiger partial charge in [0.2, 0.25) is 5.95 Å². The number of anilines is 1.